The lowest BCUT2D eigenvalue weighted by atomic mass is 10.1. The molecule has 0 aliphatic heterocycles. The van der Waals surface area contributed by atoms with Gasteiger partial charge in [-0.25, -0.2) is 9.78 Å². The number of hydrogen-bond donors (Lipinski definition) is 3. The van der Waals surface area contributed by atoms with E-state index < -0.39 is 17.2 Å². The first-order chi connectivity index (χ1) is 16.0. The summed E-state index contributed by atoms with van der Waals surface area (Å²) in [6.45, 7) is 9.21. The minimum Gasteiger partial charge on any atom is -0.444 e. The Balaban J connectivity index is 1.46. The minimum absolute atomic E-state index is 0.211. The number of para-hydroxylation sites is 1. The molecular weight excluding hydrogens is 452 g/mol. The summed E-state index contributed by atoms with van der Waals surface area (Å²) in [5.41, 5.74) is 2.34. The Morgan fingerprint density at radius 3 is 2.32 bits per heavy atom. The average Bonchev–Trinajstić information content (AvgIpc) is 3.39. The summed E-state index contributed by atoms with van der Waals surface area (Å²) < 4.78 is 6.05. The molecule has 3 N–H and O–H groups in total. The molecule has 0 spiro atoms. The molecule has 0 radical (unpaired) electrons. The molecule has 0 bridgehead atoms. The maximum Gasteiger partial charge on any atom is 0.408 e. The van der Waals surface area contributed by atoms with Crippen molar-refractivity contribution < 1.29 is 19.1 Å². The van der Waals surface area contributed by atoms with Crippen molar-refractivity contribution in [1.29, 1.82) is 0 Å². The first-order valence-electron chi connectivity index (χ1n) is 11.1. The highest BCUT2D eigenvalue weighted by atomic mass is 32.1. The summed E-state index contributed by atoms with van der Waals surface area (Å²) in [7, 11) is 0. The highest BCUT2D eigenvalue weighted by molar-refractivity contribution is 7.22. The van der Waals surface area contributed by atoms with Crippen LogP contribution in [0.15, 0.2) is 36.4 Å². The lowest BCUT2D eigenvalue weighted by Crippen LogP contribution is -2.47. The zero-order valence-corrected chi connectivity index (χ0v) is 20.7. The fourth-order valence-electron chi connectivity index (χ4n) is 3.57. The minimum atomic E-state index is -0.976. The van der Waals surface area contributed by atoms with Gasteiger partial charge in [0.15, 0.2) is 5.13 Å². The summed E-state index contributed by atoms with van der Waals surface area (Å²) in [5, 5.41) is 8.88. The molecule has 3 aromatic rings. The normalized spacial score (nSPS) is 14.4. The first-order valence-corrected chi connectivity index (χ1v) is 11.9. The van der Waals surface area contributed by atoms with Gasteiger partial charge in [0.05, 0.1) is 10.2 Å². The van der Waals surface area contributed by atoms with Crippen molar-refractivity contribution in [2.75, 3.05) is 10.6 Å². The Kier molecular flexibility index (Phi) is 6.07. The molecule has 1 aliphatic rings. The Labute approximate surface area is 202 Å². The smallest absolute Gasteiger partial charge is 0.408 e. The zero-order valence-electron chi connectivity index (χ0n) is 19.9. The SMILES string of the molecule is Cc1cccc(C)c1NC(=O)c1ccc2nc(NC(=O)C3(NC(=O)OC(C)(C)C)CC3)sc2c1. The second-order valence-electron chi connectivity index (χ2n) is 9.59. The van der Waals surface area contributed by atoms with E-state index in [1.54, 1.807) is 39.0 Å². The summed E-state index contributed by atoms with van der Waals surface area (Å²) in [4.78, 5) is 42.3. The molecule has 1 heterocycles. The standard InChI is InChI=1S/C25H28N4O4S/c1-14-7-6-8-15(2)19(14)27-20(30)16-9-10-17-18(13-16)34-22(26-17)28-21(31)25(11-12-25)29-23(32)33-24(3,4)5/h6-10,13H,11-12H2,1-5H3,(H,27,30)(H,29,32)(H,26,28,31). The third-order valence-electron chi connectivity index (χ3n) is 5.52. The van der Waals surface area contributed by atoms with E-state index in [0.29, 0.717) is 29.1 Å². The van der Waals surface area contributed by atoms with Crippen molar-refractivity contribution in [3.05, 3.63) is 53.1 Å². The van der Waals surface area contributed by atoms with E-state index in [0.717, 1.165) is 21.5 Å². The Bertz CT molecular complexity index is 1270. The Morgan fingerprint density at radius 2 is 1.71 bits per heavy atom. The fraction of sp³-hybridized carbons (Fsp3) is 0.360. The van der Waals surface area contributed by atoms with E-state index in [1.807, 2.05) is 32.0 Å². The third-order valence-corrected chi connectivity index (χ3v) is 6.45. The van der Waals surface area contributed by atoms with Crippen molar-refractivity contribution >= 4 is 50.3 Å². The molecule has 4 rings (SSSR count). The molecule has 0 atom stereocenters. The number of alkyl carbamates (subject to hydrolysis) is 1. The highest BCUT2D eigenvalue weighted by Crippen LogP contribution is 2.38. The van der Waals surface area contributed by atoms with Gasteiger partial charge in [-0.05, 0) is 76.8 Å². The first kappa shape index (κ1) is 23.7. The van der Waals surface area contributed by atoms with Crippen LogP contribution in [0.4, 0.5) is 15.6 Å². The molecule has 1 fully saturated rings. The van der Waals surface area contributed by atoms with E-state index in [1.165, 1.54) is 11.3 Å². The molecule has 8 nitrogen and oxygen atoms in total. The van der Waals surface area contributed by atoms with Crippen molar-refractivity contribution in [1.82, 2.24) is 10.3 Å². The van der Waals surface area contributed by atoms with Crippen LogP contribution in [0.3, 0.4) is 0 Å². The van der Waals surface area contributed by atoms with Crippen molar-refractivity contribution in [3.8, 4) is 0 Å². The maximum absolute atomic E-state index is 12.8. The molecule has 2 aromatic carbocycles. The van der Waals surface area contributed by atoms with E-state index >= 15 is 0 Å². The van der Waals surface area contributed by atoms with Gasteiger partial charge in [0.1, 0.15) is 11.1 Å². The van der Waals surface area contributed by atoms with Crippen LogP contribution in [0.25, 0.3) is 10.2 Å². The van der Waals surface area contributed by atoms with Crippen molar-refractivity contribution in [2.45, 2.75) is 58.6 Å². The number of carbonyl (C=O) groups excluding carboxylic acids is 3. The van der Waals surface area contributed by atoms with Crippen LogP contribution in [0.2, 0.25) is 0 Å². The molecule has 1 aromatic heterocycles. The van der Waals surface area contributed by atoms with Crippen LogP contribution in [0.5, 0.6) is 0 Å². The van der Waals surface area contributed by atoms with E-state index in [9.17, 15) is 14.4 Å². The van der Waals surface area contributed by atoms with Gasteiger partial charge in [-0.1, -0.05) is 29.5 Å². The van der Waals surface area contributed by atoms with E-state index in [-0.39, 0.29) is 11.8 Å². The second-order valence-corrected chi connectivity index (χ2v) is 10.6. The largest absolute Gasteiger partial charge is 0.444 e. The molecule has 1 saturated carbocycles. The highest BCUT2D eigenvalue weighted by Gasteiger charge is 2.52. The summed E-state index contributed by atoms with van der Waals surface area (Å²) in [5.74, 6) is -0.540. The predicted molar refractivity (Wildman–Crippen MR) is 133 cm³/mol. The molecule has 9 heteroatoms. The Morgan fingerprint density at radius 1 is 1.03 bits per heavy atom. The van der Waals surface area contributed by atoms with Gasteiger partial charge in [-0.3, -0.25) is 14.9 Å². The number of benzene rings is 2. The van der Waals surface area contributed by atoms with Gasteiger partial charge in [-0.15, -0.1) is 0 Å². The van der Waals surface area contributed by atoms with Crippen LogP contribution in [-0.2, 0) is 9.53 Å². The molecule has 0 unspecified atom stereocenters. The molecular formula is C25H28N4O4S. The average molecular weight is 481 g/mol. The van der Waals surface area contributed by atoms with Gasteiger partial charge in [0.25, 0.3) is 11.8 Å². The van der Waals surface area contributed by atoms with Crippen LogP contribution in [0, 0.1) is 13.8 Å². The zero-order chi connectivity index (χ0) is 24.7. The lowest BCUT2D eigenvalue weighted by molar-refractivity contribution is -0.119. The van der Waals surface area contributed by atoms with E-state index in [4.69, 9.17) is 4.74 Å². The van der Waals surface area contributed by atoms with Crippen LogP contribution in [-0.4, -0.2) is 34.0 Å². The number of nitrogens with zero attached hydrogens (tertiary/aromatic N) is 1. The number of amides is 3. The molecule has 0 saturated heterocycles. The second kappa shape index (κ2) is 8.72. The van der Waals surface area contributed by atoms with Gasteiger partial charge in [0.2, 0.25) is 0 Å². The van der Waals surface area contributed by atoms with Crippen LogP contribution in [0.1, 0.15) is 55.1 Å². The molecule has 34 heavy (non-hydrogen) atoms. The number of aromatic nitrogens is 1. The fourth-order valence-corrected chi connectivity index (χ4v) is 4.47. The van der Waals surface area contributed by atoms with Gasteiger partial charge >= 0.3 is 6.09 Å². The molecule has 3 amide bonds. The summed E-state index contributed by atoms with van der Waals surface area (Å²) >= 11 is 1.28. The number of hydrogen-bond acceptors (Lipinski definition) is 6. The van der Waals surface area contributed by atoms with E-state index in [2.05, 4.69) is 20.9 Å². The number of rotatable bonds is 5. The number of nitrogens with one attached hydrogen (secondary N) is 3. The predicted octanol–water partition coefficient (Wildman–Crippen LogP) is 5.16. The number of aryl methyl sites for hydroxylation is 2. The molecule has 178 valence electrons. The number of fused-ring (bicyclic) bond motifs is 1. The topological polar surface area (TPSA) is 109 Å². The quantitative estimate of drug-likeness (QED) is 0.467. The maximum atomic E-state index is 12.8. The van der Waals surface area contributed by atoms with Gasteiger partial charge in [0, 0.05) is 11.3 Å². The van der Waals surface area contributed by atoms with Gasteiger partial charge in [-0.2, -0.15) is 0 Å². The third kappa shape index (κ3) is 5.20. The molecule has 1 aliphatic carbocycles. The van der Waals surface area contributed by atoms with Crippen molar-refractivity contribution in [2.24, 2.45) is 0 Å². The lowest BCUT2D eigenvalue weighted by Gasteiger charge is -2.22. The number of anilines is 2. The van der Waals surface area contributed by atoms with Crippen molar-refractivity contribution in [3.63, 3.8) is 0 Å². The number of thiazole rings is 1. The Hall–Kier alpha value is -3.46. The number of carbonyl (C=O) groups is 3. The van der Waals surface area contributed by atoms with Gasteiger partial charge < -0.3 is 15.4 Å². The monoisotopic (exact) mass is 480 g/mol. The summed E-state index contributed by atoms with van der Waals surface area (Å²) in [6, 6.07) is 11.1. The van der Waals surface area contributed by atoms with Crippen LogP contribution >= 0.6 is 11.3 Å². The van der Waals surface area contributed by atoms with Crippen LogP contribution < -0.4 is 16.0 Å². The number of ether oxygens (including phenoxy) is 1. The summed E-state index contributed by atoms with van der Waals surface area (Å²) in [6.07, 6.45) is 0.445.